The summed E-state index contributed by atoms with van der Waals surface area (Å²) < 4.78 is 5.19. The van der Waals surface area contributed by atoms with E-state index in [0.717, 1.165) is 26.1 Å². The summed E-state index contributed by atoms with van der Waals surface area (Å²) in [7, 11) is 0. The molecule has 1 fully saturated rings. The molecule has 17 heavy (non-hydrogen) atoms. The molecule has 1 unspecified atom stereocenters. The van der Waals surface area contributed by atoms with Gasteiger partial charge in [-0.15, -0.1) is 0 Å². The minimum Gasteiger partial charge on any atom is -0.444 e. The molecule has 0 aromatic carbocycles. The molecule has 1 rings (SSSR count). The van der Waals surface area contributed by atoms with E-state index in [1.807, 2.05) is 27.7 Å². The zero-order valence-corrected chi connectivity index (χ0v) is 11.3. The summed E-state index contributed by atoms with van der Waals surface area (Å²) in [5, 5.41) is 9.45. The van der Waals surface area contributed by atoms with Crippen LogP contribution in [0.3, 0.4) is 0 Å². The van der Waals surface area contributed by atoms with E-state index in [2.05, 4.69) is 16.0 Å². The molecular weight excluding hydrogens is 218 g/mol. The van der Waals surface area contributed by atoms with Crippen LogP contribution in [0.15, 0.2) is 0 Å². The van der Waals surface area contributed by atoms with Crippen LogP contribution >= 0.6 is 0 Å². The third kappa shape index (κ3) is 6.48. The fraction of sp³-hybridized carbons (Fsp3) is 0.917. The molecule has 0 saturated carbocycles. The summed E-state index contributed by atoms with van der Waals surface area (Å²) in [4.78, 5) is 11.5. The minimum atomic E-state index is -0.431. The average molecular weight is 243 g/mol. The van der Waals surface area contributed by atoms with Crippen molar-refractivity contribution in [3.8, 4) is 0 Å². The Morgan fingerprint density at radius 1 is 1.47 bits per heavy atom. The molecule has 1 aliphatic heterocycles. The monoisotopic (exact) mass is 243 g/mol. The molecule has 1 atom stereocenters. The predicted molar refractivity (Wildman–Crippen MR) is 68.1 cm³/mol. The molecule has 5 heteroatoms. The normalized spacial score (nSPS) is 18.4. The van der Waals surface area contributed by atoms with Gasteiger partial charge in [-0.1, -0.05) is 0 Å². The number of alkyl carbamates (subject to hydrolysis) is 1. The van der Waals surface area contributed by atoms with E-state index in [-0.39, 0.29) is 12.1 Å². The smallest absolute Gasteiger partial charge is 0.407 e. The molecule has 3 N–H and O–H groups in total. The first kappa shape index (κ1) is 14.3. The van der Waals surface area contributed by atoms with Gasteiger partial charge in [0, 0.05) is 25.2 Å². The molecule has 100 valence electrons. The van der Waals surface area contributed by atoms with E-state index in [1.54, 1.807) is 0 Å². The van der Waals surface area contributed by atoms with Gasteiger partial charge >= 0.3 is 6.09 Å². The number of carbonyl (C=O) groups excluding carboxylic acids is 1. The van der Waals surface area contributed by atoms with Crippen molar-refractivity contribution < 1.29 is 9.53 Å². The maximum absolute atomic E-state index is 11.5. The van der Waals surface area contributed by atoms with Gasteiger partial charge in [-0.05, 0) is 40.7 Å². The van der Waals surface area contributed by atoms with Crippen molar-refractivity contribution in [3.05, 3.63) is 0 Å². The lowest BCUT2D eigenvalue weighted by Gasteiger charge is -2.28. The predicted octanol–water partition coefficient (Wildman–Crippen LogP) is 0.851. The minimum absolute atomic E-state index is 0.130. The van der Waals surface area contributed by atoms with Crippen LogP contribution in [-0.2, 0) is 4.74 Å². The van der Waals surface area contributed by atoms with E-state index in [4.69, 9.17) is 4.74 Å². The molecule has 0 aliphatic carbocycles. The van der Waals surface area contributed by atoms with Crippen molar-refractivity contribution in [1.82, 2.24) is 16.0 Å². The van der Waals surface area contributed by atoms with Gasteiger partial charge in [-0.25, -0.2) is 4.79 Å². The quantitative estimate of drug-likeness (QED) is 0.670. The second kappa shape index (κ2) is 6.21. The third-order valence-electron chi connectivity index (χ3n) is 2.55. The Morgan fingerprint density at radius 2 is 2.12 bits per heavy atom. The summed E-state index contributed by atoms with van der Waals surface area (Å²) in [6.45, 7) is 10.6. The van der Waals surface area contributed by atoms with E-state index in [1.165, 1.54) is 0 Å². The van der Waals surface area contributed by atoms with Crippen LogP contribution in [0.2, 0.25) is 0 Å². The number of ether oxygens (including phenoxy) is 1. The summed E-state index contributed by atoms with van der Waals surface area (Å²) in [6, 6.07) is 0.731. The second-order valence-electron chi connectivity index (χ2n) is 5.65. The average Bonchev–Trinajstić information content (AvgIpc) is 2.05. The van der Waals surface area contributed by atoms with Gasteiger partial charge in [0.15, 0.2) is 0 Å². The van der Waals surface area contributed by atoms with Crippen molar-refractivity contribution in [2.75, 3.05) is 19.6 Å². The molecule has 0 bridgehead atoms. The molecule has 5 nitrogen and oxygen atoms in total. The number of carbonyl (C=O) groups is 1. The highest BCUT2D eigenvalue weighted by Gasteiger charge is 2.18. The highest BCUT2D eigenvalue weighted by atomic mass is 16.6. The Bertz CT molecular complexity index is 247. The van der Waals surface area contributed by atoms with Crippen LogP contribution in [0, 0.1) is 0 Å². The maximum atomic E-state index is 11.5. The van der Waals surface area contributed by atoms with Gasteiger partial charge in [-0.3, -0.25) is 0 Å². The van der Waals surface area contributed by atoms with Crippen LogP contribution in [0.4, 0.5) is 4.79 Å². The molecular formula is C12H25N3O2. The van der Waals surface area contributed by atoms with E-state index in [9.17, 15) is 4.79 Å². The fourth-order valence-electron chi connectivity index (χ4n) is 1.52. The highest BCUT2D eigenvalue weighted by Crippen LogP contribution is 2.07. The van der Waals surface area contributed by atoms with Crippen molar-refractivity contribution in [1.29, 1.82) is 0 Å². The largest absolute Gasteiger partial charge is 0.444 e. The molecule has 1 amide bonds. The Hall–Kier alpha value is -0.810. The van der Waals surface area contributed by atoms with E-state index >= 15 is 0 Å². The van der Waals surface area contributed by atoms with Gasteiger partial charge in [0.25, 0.3) is 0 Å². The van der Waals surface area contributed by atoms with E-state index < -0.39 is 5.60 Å². The topological polar surface area (TPSA) is 62.4 Å². The van der Waals surface area contributed by atoms with Crippen LogP contribution in [0.5, 0.6) is 0 Å². The zero-order valence-electron chi connectivity index (χ0n) is 11.3. The number of nitrogens with one attached hydrogen (secondary N) is 3. The lowest BCUT2D eigenvalue weighted by Crippen LogP contribution is -2.55. The van der Waals surface area contributed by atoms with Crippen LogP contribution < -0.4 is 16.0 Å². The number of hydrogen-bond acceptors (Lipinski definition) is 4. The summed E-state index contributed by atoms with van der Waals surface area (Å²) in [5.41, 5.74) is -0.431. The standard InChI is InChI=1S/C12H25N3O2/c1-9(5-6-14-10-7-13-8-10)15-11(16)17-12(2,3)4/h9-10,13-14H,5-8H2,1-4H3,(H,15,16). The number of hydrogen-bond donors (Lipinski definition) is 3. The zero-order chi connectivity index (χ0) is 12.9. The number of rotatable bonds is 5. The third-order valence-corrected chi connectivity index (χ3v) is 2.55. The first-order valence-electron chi connectivity index (χ1n) is 6.30. The first-order chi connectivity index (χ1) is 7.87. The highest BCUT2D eigenvalue weighted by molar-refractivity contribution is 5.67. The summed E-state index contributed by atoms with van der Waals surface area (Å²) in [6.07, 6.45) is 0.575. The Balaban J connectivity index is 2.06. The lowest BCUT2D eigenvalue weighted by molar-refractivity contribution is 0.0506. The molecule has 0 aromatic heterocycles. The fourth-order valence-corrected chi connectivity index (χ4v) is 1.52. The number of amides is 1. The molecule has 0 aromatic rings. The Kier molecular flexibility index (Phi) is 5.21. The first-order valence-corrected chi connectivity index (χ1v) is 6.30. The van der Waals surface area contributed by atoms with Gasteiger partial charge in [-0.2, -0.15) is 0 Å². The van der Waals surface area contributed by atoms with Crippen LogP contribution in [-0.4, -0.2) is 43.4 Å². The SMILES string of the molecule is CC(CCNC1CNC1)NC(=O)OC(C)(C)C. The molecule has 0 radical (unpaired) electrons. The lowest BCUT2D eigenvalue weighted by atomic mass is 10.1. The molecule has 1 saturated heterocycles. The second-order valence-corrected chi connectivity index (χ2v) is 5.65. The van der Waals surface area contributed by atoms with E-state index in [0.29, 0.717) is 6.04 Å². The maximum Gasteiger partial charge on any atom is 0.407 e. The van der Waals surface area contributed by atoms with Gasteiger partial charge in [0.05, 0.1) is 0 Å². The van der Waals surface area contributed by atoms with Crippen molar-refractivity contribution >= 4 is 6.09 Å². The molecule has 1 heterocycles. The van der Waals surface area contributed by atoms with Crippen molar-refractivity contribution in [2.24, 2.45) is 0 Å². The Morgan fingerprint density at radius 3 is 2.59 bits per heavy atom. The Labute approximate surface area is 104 Å². The summed E-state index contributed by atoms with van der Waals surface area (Å²) in [5.74, 6) is 0. The van der Waals surface area contributed by atoms with Crippen LogP contribution in [0.25, 0.3) is 0 Å². The summed E-state index contributed by atoms with van der Waals surface area (Å²) >= 11 is 0. The van der Waals surface area contributed by atoms with Crippen molar-refractivity contribution in [2.45, 2.75) is 51.8 Å². The van der Waals surface area contributed by atoms with Crippen LogP contribution in [0.1, 0.15) is 34.1 Å². The van der Waals surface area contributed by atoms with Crippen molar-refractivity contribution in [3.63, 3.8) is 0 Å². The molecule has 0 spiro atoms. The molecule has 1 aliphatic rings. The van der Waals surface area contributed by atoms with Gasteiger partial charge < -0.3 is 20.7 Å². The van der Waals surface area contributed by atoms with Gasteiger partial charge in [0.1, 0.15) is 5.60 Å². The van der Waals surface area contributed by atoms with Gasteiger partial charge in [0.2, 0.25) is 0 Å².